The van der Waals surface area contributed by atoms with Crippen LogP contribution in [0, 0.1) is 0 Å². The highest BCUT2D eigenvalue weighted by atomic mass is 35.5. The number of carbonyl (C=O) groups is 1. The van der Waals surface area contributed by atoms with E-state index in [2.05, 4.69) is 36.1 Å². The summed E-state index contributed by atoms with van der Waals surface area (Å²) >= 11 is 6.01. The van der Waals surface area contributed by atoms with Gasteiger partial charge < -0.3 is 5.32 Å². The van der Waals surface area contributed by atoms with Crippen molar-refractivity contribution in [1.29, 1.82) is 0 Å². The lowest BCUT2D eigenvalue weighted by molar-refractivity contribution is -0.115. The Morgan fingerprint density at radius 1 is 1.20 bits per heavy atom. The normalized spacial score (nSPS) is 11.7. The van der Waals surface area contributed by atoms with Crippen LogP contribution in [-0.2, 0) is 10.3 Å². The molecule has 0 saturated heterocycles. The van der Waals surface area contributed by atoms with Gasteiger partial charge in [-0.15, -0.1) is 0 Å². The molecule has 25 heavy (non-hydrogen) atoms. The van der Waals surface area contributed by atoms with Gasteiger partial charge in [0.2, 0.25) is 5.91 Å². The van der Waals surface area contributed by atoms with Crippen molar-refractivity contribution in [2.45, 2.75) is 39.7 Å². The summed E-state index contributed by atoms with van der Waals surface area (Å²) < 4.78 is 1.86. The fourth-order valence-electron chi connectivity index (χ4n) is 2.55. The number of aromatic nitrogens is 4. The van der Waals surface area contributed by atoms with E-state index < -0.39 is 0 Å². The third-order valence-corrected chi connectivity index (χ3v) is 4.05. The van der Waals surface area contributed by atoms with Gasteiger partial charge in [-0.3, -0.25) is 4.79 Å². The minimum atomic E-state index is -0.274. The Labute approximate surface area is 151 Å². The standard InChI is InChI=1S/C18H20ClN5O/c1-5-13(25)22-16-14-15(11-6-8-12(19)9-7-11)23-24(18(2,3)4)17(14)21-10-20-16/h6-10H,5H2,1-4H3,(H,20,21,22,25). The summed E-state index contributed by atoms with van der Waals surface area (Å²) in [5, 5.41) is 9.00. The number of hydrogen-bond acceptors (Lipinski definition) is 4. The van der Waals surface area contributed by atoms with Crippen LogP contribution in [0.1, 0.15) is 34.1 Å². The van der Waals surface area contributed by atoms with E-state index >= 15 is 0 Å². The fraction of sp³-hybridized carbons (Fsp3) is 0.333. The molecular formula is C18H20ClN5O. The number of benzene rings is 1. The zero-order valence-corrected chi connectivity index (χ0v) is 15.4. The van der Waals surface area contributed by atoms with E-state index in [0.29, 0.717) is 28.6 Å². The zero-order chi connectivity index (χ0) is 18.2. The molecule has 6 nitrogen and oxygen atoms in total. The van der Waals surface area contributed by atoms with Crippen LogP contribution >= 0.6 is 11.6 Å². The molecule has 2 heterocycles. The maximum Gasteiger partial charge on any atom is 0.225 e. The summed E-state index contributed by atoms with van der Waals surface area (Å²) in [5.74, 6) is 0.364. The van der Waals surface area contributed by atoms with Gasteiger partial charge in [0.1, 0.15) is 17.8 Å². The van der Waals surface area contributed by atoms with E-state index in [4.69, 9.17) is 16.7 Å². The maximum atomic E-state index is 11.9. The minimum absolute atomic E-state index is 0.106. The third-order valence-electron chi connectivity index (χ3n) is 3.80. The lowest BCUT2D eigenvalue weighted by Crippen LogP contribution is -2.23. The second-order valence-electron chi connectivity index (χ2n) is 6.76. The molecule has 3 aromatic rings. The van der Waals surface area contributed by atoms with Gasteiger partial charge in [0.25, 0.3) is 0 Å². The van der Waals surface area contributed by atoms with Crippen LogP contribution in [0.3, 0.4) is 0 Å². The van der Waals surface area contributed by atoms with Crippen LogP contribution in [0.4, 0.5) is 5.82 Å². The summed E-state index contributed by atoms with van der Waals surface area (Å²) in [4.78, 5) is 20.6. The quantitative estimate of drug-likeness (QED) is 0.760. The van der Waals surface area contributed by atoms with Crippen molar-refractivity contribution < 1.29 is 4.79 Å². The first-order valence-corrected chi connectivity index (χ1v) is 8.49. The molecule has 0 bridgehead atoms. The van der Waals surface area contributed by atoms with Crippen LogP contribution in [-0.4, -0.2) is 25.7 Å². The molecule has 0 aliphatic heterocycles. The second-order valence-corrected chi connectivity index (χ2v) is 7.20. The van der Waals surface area contributed by atoms with Gasteiger partial charge in [0.05, 0.1) is 10.9 Å². The summed E-state index contributed by atoms with van der Waals surface area (Å²) in [6.07, 6.45) is 1.82. The predicted octanol–water partition coefficient (Wildman–Crippen LogP) is 4.25. The molecule has 0 unspecified atom stereocenters. The Kier molecular flexibility index (Phi) is 4.47. The van der Waals surface area contributed by atoms with Crippen LogP contribution in [0.5, 0.6) is 0 Å². The number of rotatable bonds is 3. The van der Waals surface area contributed by atoms with Crippen LogP contribution < -0.4 is 5.32 Å². The number of nitrogens with zero attached hydrogens (tertiary/aromatic N) is 4. The van der Waals surface area contributed by atoms with Crippen molar-refractivity contribution in [3.8, 4) is 11.3 Å². The molecule has 7 heteroatoms. The topological polar surface area (TPSA) is 72.7 Å². The smallest absolute Gasteiger partial charge is 0.225 e. The number of fused-ring (bicyclic) bond motifs is 1. The largest absolute Gasteiger partial charge is 0.310 e. The average Bonchev–Trinajstić information content (AvgIpc) is 2.96. The van der Waals surface area contributed by atoms with E-state index in [0.717, 1.165) is 10.9 Å². The van der Waals surface area contributed by atoms with E-state index in [1.807, 2.05) is 28.9 Å². The average molecular weight is 358 g/mol. The Bertz CT molecular complexity index is 925. The van der Waals surface area contributed by atoms with E-state index in [-0.39, 0.29) is 11.4 Å². The van der Waals surface area contributed by atoms with Crippen LogP contribution in [0.15, 0.2) is 30.6 Å². The molecule has 1 aromatic carbocycles. The lowest BCUT2D eigenvalue weighted by atomic mass is 10.1. The first-order chi connectivity index (χ1) is 11.8. The molecule has 1 N–H and O–H groups in total. The minimum Gasteiger partial charge on any atom is -0.310 e. The van der Waals surface area contributed by atoms with E-state index in [1.54, 1.807) is 6.92 Å². The molecule has 0 spiro atoms. The lowest BCUT2D eigenvalue weighted by Gasteiger charge is -2.19. The number of halogens is 1. The van der Waals surface area contributed by atoms with Gasteiger partial charge in [-0.1, -0.05) is 30.7 Å². The number of carbonyl (C=O) groups excluding carboxylic acids is 1. The third kappa shape index (κ3) is 3.35. The number of anilines is 1. The highest BCUT2D eigenvalue weighted by molar-refractivity contribution is 6.30. The SMILES string of the molecule is CCC(=O)Nc1ncnc2c1c(-c1ccc(Cl)cc1)nn2C(C)(C)C. The summed E-state index contributed by atoms with van der Waals surface area (Å²) in [5.41, 5.74) is 2.01. The first-order valence-electron chi connectivity index (χ1n) is 8.11. The molecule has 0 saturated carbocycles. The van der Waals surface area contributed by atoms with Crippen molar-refractivity contribution in [1.82, 2.24) is 19.7 Å². The van der Waals surface area contributed by atoms with Gasteiger partial charge in [-0.2, -0.15) is 5.10 Å². The first kappa shape index (κ1) is 17.4. The predicted molar refractivity (Wildman–Crippen MR) is 99.7 cm³/mol. The van der Waals surface area contributed by atoms with E-state index in [1.165, 1.54) is 6.33 Å². The van der Waals surface area contributed by atoms with Gasteiger partial charge in [0, 0.05) is 17.0 Å². The van der Waals surface area contributed by atoms with Crippen LogP contribution in [0.25, 0.3) is 22.3 Å². The van der Waals surface area contributed by atoms with Crippen molar-refractivity contribution >= 4 is 34.4 Å². The monoisotopic (exact) mass is 357 g/mol. The Balaban J connectivity index is 2.30. The molecule has 0 aliphatic rings. The Morgan fingerprint density at radius 2 is 1.88 bits per heavy atom. The molecule has 0 aliphatic carbocycles. The van der Waals surface area contributed by atoms with Gasteiger partial charge >= 0.3 is 0 Å². The molecule has 2 aromatic heterocycles. The fourth-order valence-corrected chi connectivity index (χ4v) is 2.67. The molecule has 1 amide bonds. The molecule has 0 atom stereocenters. The highest BCUT2D eigenvalue weighted by Gasteiger charge is 2.24. The van der Waals surface area contributed by atoms with Crippen molar-refractivity contribution in [2.75, 3.05) is 5.32 Å². The maximum absolute atomic E-state index is 11.9. The van der Waals surface area contributed by atoms with Crippen LogP contribution in [0.2, 0.25) is 5.02 Å². The highest BCUT2D eigenvalue weighted by Crippen LogP contribution is 2.34. The number of nitrogens with one attached hydrogen (secondary N) is 1. The Morgan fingerprint density at radius 3 is 2.48 bits per heavy atom. The molecule has 3 rings (SSSR count). The molecule has 130 valence electrons. The summed E-state index contributed by atoms with van der Waals surface area (Å²) in [7, 11) is 0. The zero-order valence-electron chi connectivity index (χ0n) is 14.7. The molecule has 0 fully saturated rings. The number of amides is 1. The molecular weight excluding hydrogens is 338 g/mol. The Hall–Kier alpha value is -2.47. The van der Waals surface area contributed by atoms with Crippen molar-refractivity contribution in [3.63, 3.8) is 0 Å². The van der Waals surface area contributed by atoms with E-state index in [9.17, 15) is 4.79 Å². The number of hydrogen-bond donors (Lipinski definition) is 1. The van der Waals surface area contributed by atoms with Gasteiger partial charge in [-0.05, 0) is 32.9 Å². The van der Waals surface area contributed by atoms with Crippen molar-refractivity contribution in [2.24, 2.45) is 0 Å². The van der Waals surface area contributed by atoms with Gasteiger partial charge in [0.15, 0.2) is 5.65 Å². The van der Waals surface area contributed by atoms with Gasteiger partial charge in [-0.25, -0.2) is 14.6 Å². The second kappa shape index (κ2) is 6.44. The molecule has 0 radical (unpaired) electrons. The van der Waals surface area contributed by atoms with Crippen molar-refractivity contribution in [3.05, 3.63) is 35.6 Å². The summed E-state index contributed by atoms with van der Waals surface area (Å²) in [6.45, 7) is 7.96. The summed E-state index contributed by atoms with van der Waals surface area (Å²) in [6, 6.07) is 7.42.